The quantitative estimate of drug-likeness (QED) is 0.282. The van der Waals surface area contributed by atoms with Crippen molar-refractivity contribution in [1.82, 2.24) is 15.4 Å². The van der Waals surface area contributed by atoms with Crippen LogP contribution in [0.25, 0.3) is 0 Å². The molecule has 1 aromatic rings. The van der Waals surface area contributed by atoms with Crippen LogP contribution in [0, 0.1) is 12.8 Å². The number of ether oxygens (including phenoxy) is 1. The fourth-order valence-corrected chi connectivity index (χ4v) is 4.54. The highest BCUT2D eigenvalue weighted by Crippen LogP contribution is 2.33. The average Bonchev–Trinajstić information content (AvgIpc) is 2.61. The minimum atomic E-state index is -3.27. The van der Waals surface area contributed by atoms with Crippen molar-refractivity contribution in [3.8, 4) is 0 Å². The van der Waals surface area contributed by atoms with Gasteiger partial charge in [0.25, 0.3) is 0 Å². The first-order valence-corrected chi connectivity index (χ1v) is 11.6. The number of aryl methyl sites for hydroxylation is 1. The van der Waals surface area contributed by atoms with Gasteiger partial charge in [0.15, 0.2) is 5.96 Å². The molecule has 0 amide bonds. The second kappa shape index (κ2) is 11.5. The SMILES string of the molecule is CN=C(NCC1CCCOC1c1ccc(C)cc1)NCC(C)(C)NS(C)(=O)=O.I. The molecule has 9 heteroatoms. The highest BCUT2D eigenvalue weighted by molar-refractivity contribution is 14.0. The van der Waals surface area contributed by atoms with Crippen LogP contribution in [0.1, 0.15) is 43.9 Å². The van der Waals surface area contributed by atoms with Gasteiger partial charge in [-0.2, -0.15) is 0 Å². The standard InChI is InChI=1S/C20H34N4O3S.HI/c1-15-8-10-16(11-9-15)18-17(7-6-12-27-18)13-22-19(21-4)23-14-20(2,3)24-28(5,25)26;/h8-11,17-18,24H,6-7,12-14H2,1-5H3,(H2,21,22,23);1H. The lowest BCUT2D eigenvalue weighted by Crippen LogP contribution is -2.53. The summed E-state index contributed by atoms with van der Waals surface area (Å²) in [6, 6.07) is 8.53. The normalized spacial score (nSPS) is 20.7. The van der Waals surface area contributed by atoms with E-state index in [1.807, 2.05) is 13.8 Å². The summed E-state index contributed by atoms with van der Waals surface area (Å²) in [6.45, 7) is 7.68. The number of benzene rings is 1. The molecule has 0 radical (unpaired) electrons. The molecule has 1 saturated heterocycles. The van der Waals surface area contributed by atoms with Crippen molar-refractivity contribution < 1.29 is 13.2 Å². The summed E-state index contributed by atoms with van der Waals surface area (Å²) in [7, 11) is -1.56. The largest absolute Gasteiger partial charge is 0.373 e. The van der Waals surface area contributed by atoms with Crippen molar-refractivity contribution in [1.29, 1.82) is 0 Å². The molecule has 2 atom stereocenters. The number of hydrogen-bond donors (Lipinski definition) is 3. The number of aliphatic imine (C=N–C) groups is 1. The molecule has 3 N–H and O–H groups in total. The highest BCUT2D eigenvalue weighted by atomic mass is 127. The second-order valence-electron chi connectivity index (χ2n) is 8.17. The maximum absolute atomic E-state index is 11.5. The summed E-state index contributed by atoms with van der Waals surface area (Å²) in [5.41, 5.74) is 1.83. The minimum Gasteiger partial charge on any atom is -0.373 e. The molecular weight excluding hydrogens is 503 g/mol. The molecule has 0 aliphatic carbocycles. The fraction of sp³-hybridized carbons (Fsp3) is 0.650. The number of guanidine groups is 1. The van der Waals surface area contributed by atoms with Gasteiger partial charge in [-0.05, 0) is 39.2 Å². The van der Waals surface area contributed by atoms with Crippen LogP contribution in [0.3, 0.4) is 0 Å². The summed E-state index contributed by atoms with van der Waals surface area (Å²) in [4.78, 5) is 4.26. The van der Waals surface area contributed by atoms with Crippen LogP contribution in [0.2, 0.25) is 0 Å². The van der Waals surface area contributed by atoms with E-state index < -0.39 is 15.6 Å². The molecule has 29 heavy (non-hydrogen) atoms. The molecule has 1 aromatic carbocycles. The Morgan fingerprint density at radius 2 is 1.90 bits per heavy atom. The molecule has 1 aliphatic heterocycles. The molecule has 0 saturated carbocycles. The monoisotopic (exact) mass is 538 g/mol. The van der Waals surface area contributed by atoms with Crippen molar-refractivity contribution >= 4 is 40.0 Å². The third-order valence-electron chi connectivity index (χ3n) is 4.77. The van der Waals surface area contributed by atoms with Gasteiger partial charge in [-0.25, -0.2) is 13.1 Å². The maximum atomic E-state index is 11.5. The zero-order valence-electron chi connectivity index (χ0n) is 18.0. The van der Waals surface area contributed by atoms with Gasteiger partial charge in [0.1, 0.15) is 0 Å². The van der Waals surface area contributed by atoms with E-state index in [0.717, 1.165) is 32.2 Å². The molecule has 1 fully saturated rings. The van der Waals surface area contributed by atoms with E-state index in [-0.39, 0.29) is 30.1 Å². The van der Waals surface area contributed by atoms with Crippen molar-refractivity contribution in [3.05, 3.63) is 35.4 Å². The van der Waals surface area contributed by atoms with Crippen LogP contribution in [0.5, 0.6) is 0 Å². The third kappa shape index (κ3) is 9.18. The topological polar surface area (TPSA) is 91.8 Å². The van der Waals surface area contributed by atoms with Gasteiger partial charge < -0.3 is 15.4 Å². The molecule has 166 valence electrons. The van der Waals surface area contributed by atoms with Gasteiger partial charge in [0.2, 0.25) is 10.0 Å². The van der Waals surface area contributed by atoms with Gasteiger partial charge in [0.05, 0.1) is 12.4 Å². The lowest BCUT2D eigenvalue weighted by atomic mass is 9.89. The van der Waals surface area contributed by atoms with E-state index in [1.165, 1.54) is 11.1 Å². The Morgan fingerprint density at radius 3 is 2.48 bits per heavy atom. The van der Waals surface area contributed by atoms with Crippen LogP contribution < -0.4 is 15.4 Å². The molecule has 1 aliphatic rings. The van der Waals surface area contributed by atoms with Crippen LogP contribution in [-0.2, 0) is 14.8 Å². The van der Waals surface area contributed by atoms with E-state index in [4.69, 9.17) is 4.74 Å². The van der Waals surface area contributed by atoms with Gasteiger partial charge in [-0.3, -0.25) is 4.99 Å². The van der Waals surface area contributed by atoms with Crippen molar-refractivity contribution in [3.63, 3.8) is 0 Å². The molecule has 2 rings (SSSR count). The predicted molar refractivity (Wildman–Crippen MR) is 129 cm³/mol. The second-order valence-corrected chi connectivity index (χ2v) is 9.92. The van der Waals surface area contributed by atoms with E-state index in [9.17, 15) is 8.42 Å². The molecule has 7 nitrogen and oxygen atoms in total. The lowest BCUT2D eigenvalue weighted by Gasteiger charge is -2.33. The number of nitrogens with zero attached hydrogens (tertiary/aromatic N) is 1. The lowest BCUT2D eigenvalue weighted by molar-refractivity contribution is -0.0265. The first-order valence-electron chi connectivity index (χ1n) is 9.71. The van der Waals surface area contributed by atoms with Gasteiger partial charge in [-0.15, -0.1) is 24.0 Å². The van der Waals surface area contributed by atoms with Gasteiger partial charge in [-0.1, -0.05) is 29.8 Å². The zero-order valence-corrected chi connectivity index (χ0v) is 21.1. The number of halogens is 1. The summed E-state index contributed by atoms with van der Waals surface area (Å²) in [5, 5.41) is 6.57. The Balaban J connectivity index is 0.00000420. The molecule has 0 spiro atoms. The van der Waals surface area contributed by atoms with Crippen LogP contribution in [-0.4, -0.2) is 52.9 Å². The summed E-state index contributed by atoms with van der Waals surface area (Å²) >= 11 is 0. The summed E-state index contributed by atoms with van der Waals surface area (Å²) in [6.07, 6.45) is 3.37. The molecule has 0 aromatic heterocycles. The summed E-state index contributed by atoms with van der Waals surface area (Å²) < 4.78 is 31.7. The fourth-order valence-electron chi connectivity index (χ4n) is 3.47. The van der Waals surface area contributed by atoms with E-state index >= 15 is 0 Å². The summed E-state index contributed by atoms with van der Waals surface area (Å²) in [5.74, 6) is 0.994. The van der Waals surface area contributed by atoms with Gasteiger partial charge >= 0.3 is 0 Å². The Labute approximate surface area is 192 Å². The van der Waals surface area contributed by atoms with Gasteiger partial charge in [0, 0.05) is 38.2 Å². The Kier molecular flexibility index (Phi) is 10.3. The van der Waals surface area contributed by atoms with Crippen molar-refractivity contribution in [2.24, 2.45) is 10.9 Å². The average molecular weight is 538 g/mol. The number of hydrogen-bond acceptors (Lipinski definition) is 4. The van der Waals surface area contributed by atoms with Crippen molar-refractivity contribution in [2.45, 2.75) is 45.3 Å². The Morgan fingerprint density at radius 1 is 1.24 bits per heavy atom. The number of nitrogens with one attached hydrogen (secondary N) is 3. The zero-order chi connectivity index (χ0) is 20.8. The third-order valence-corrected chi connectivity index (χ3v) is 5.69. The smallest absolute Gasteiger partial charge is 0.209 e. The maximum Gasteiger partial charge on any atom is 0.209 e. The molecule has 1 heterocycles. The van der Waals surface area contributed by atoms with E-state index in [1.54, 1.807) is 7.05 Å². The predicted octanol–water partition coefficient (Wildman–Crippen LogP) is 2.57. The van der Waals surface area contributed by atoms with Crippen LogP contribution >= 0.6 is 24.0 Å². The van der Waals surface area contributed by atoms with E-state index in [2.05, 4.69) is 51.5 Å². The number of rotatable bonds is 7. The highest BCUT2D eigenvalue weighted by Gasteiger charge is 2.28. The first-order chi connectivity index (χ1) is 13.1. The van der Waals surface area contributed by atoms with Crippen LogP contribution in [0.4, 0.5) is 0 Å². The molecule has 0 bridgehead atoms. The molecule has 2 unspecified atom stereocenters. The van der Waals surface area contributed by atoms with E-state index in [0.29, 0.717) is 18.4 Å². The van der Waals surface area contributed by atoms with Crippen LogP contribution in [0.15, 0.2) is 29.3 Å². The number of sulfonamides is 1. The first kappa shape index (κ1) is 26.1. The Hall–Kier alpha value is -0.910. The Bertz CT molecular complexity index is 766. The molecular formula is C20H35IN4O3S. The van der Waals surface area contributed by atoms with Crippen molar-refractivity contribution in [2.75, 3.05) is 33.0 Å². The minimum absolute atomic E-state index is 0.